The van der Waals surface area contributed by atoms with Gasteiger partial charge in [0.15, 0.2) is 0 Å². The monoisotopic (exact) mass is 240 g/mol. The Morgan fingerprint density at radius 2 is 1.72 bits per heavy atom. The molecule has 1 aromatic carbocycles. The lowest BCUT2D eigenvalue weighted by Gasteiger charge is -2.19. The van der Waals surface area contributed by atoms with Crippen LogP contribution in [0.5, 0.6) is 0 Å². The normalized spacial score (nSPS) is 11.3. The van der Waals surface area contributed by atoms with Gasteiger partial charge in [0, 0.05) is 13.2 Å². The van der Waals surface area contributed by atoms with Gasteiger partial charge in [0.1, 0.15) is 5.82 Å². The van der Waals surface area contributed by atoms with Gasteiger partial charge in [-0.15, -0.1) is 0 Å². The predicted octanol–water partition coefficient (Wildman–Crippen LogP) is 4.09. The third-order valence-corrected chi connectivity index (χ3v) is 3.08. The van der Waals surface area contributed by atoms with Gasteiger partial charge in [-0.1, -0.05) is 45.0 Å². The van der Waals surface area contributed by atoms with Gasteiger partial charge in [0.05, 0.1) is 0 Å². The minimum absolute atomic E-state index is 0.175. The third kappa shape index (κ3) is 2.70. The van der Waals surface area contributed by atoms with Gasteiger partial charge in [-0.05, 0) is 34.2 Å². The van der Waals surface area contributed by atoms with Crippen molar-refractivity contribution in [2.24, 2.45) is 0 Å². The van der Waals surface area contributed by atoms with Crippen LogP contribution in [0.15, 0.2) is 42.6 Å². The smallest absolute Gasteiger partial charge is 0.126 e. The molecule has 0 spiro atoms. The van der Waals surface area contributed by atoms with Crippen molar-refractivity contribution in [3.8, 4) is 11.1 Å². The second-order valence-electron chi connectivity index (χ2n) is 5.51. The maximum absolute atomic E-state index is 4.24. The van der Waals surface area contributed by atoms with Gasteiger partial charge in [-0.2, -0.15) is 0 Å². The molecule has 2 aromatic rings. The van der Waals surface area contributed by atoms with E-state index in [4.69, 9.17) is 0 Å². The number of rotatable bonds is 2. The fourth-order valence-electron chi connectivity index (χ4n) is 1.91. The summed E-state index contributed by atoms with van der Waals surface area (Å²) in [5, 5.41) is 3.07. The molecular weight excluding hydrogens is 220 g/mol. The fourth-order valence-corrected chi connectivity index (χ4v) is 1.91. The molecule has 1 heterocycles. The van der Waals surface area contributed by atoms with Gasteiger partial charge in [-0.3, -0.25) is 0 Å². The lowest BCUT2D eigenvalue weighted by molar-refractivity contribution is 0.590. The van der Waals surface area contributed by atoms with Crippen molar-refractivity contribution >= 4 is 5.82 Å². The number of nitrogens with zero attached hydrogens (tertiary/aromatic N) is 1. The number of aromatic nitrogens is 1. The Morgan fingerprint density at radius 3 is 2.39 bits per heavy atom. The van der Waals surface area contributed by atoms with E-state index in [1.807, 2.05) is 19.3 Å². The summed E-state index contributed by atoms with van der Waals surface area (Å²) in [6.45, 7) is 6.70. The second kappa shape index (κ2) is 4.81. The van der Waals surface area contributed by atoms with Gasteiger partial charge in [0.25, 0.3) is 0 Å². The van der Waals surface area contributed by atoms with Gasteiger partial charge < -0.3 is 5.32 Å². The van der Waals surface area contributed by atoms with E-state index < -0.39 is 0 Å². The highest BCUT2D eigenvalue weighted by atomic mass is 14.9. The first kappa shape index (κ1) is 12.6. The summed E-state index contributed by atoms with van der Waals surface area (Å²) in [6, 6.07) is 12.8. The summed E-state index contributed by atoms with van der Waals surface area (Å²) in [7, 11) is 1.89. The molecule has 0 saturated heterocycles. The van der Waals surface area contributed by atoms with Crippen molar-refractivity contribution in [1.82, 2.24) is 4.98 Å². The Balaban J connectivity index is 2.44. The van der Waals surface area contributed by atoms with E-state index in [0.717, 1.165) is 5.82 Å². The van der Waals surface area contributed by atoms with Crippen LogP contribution in [0.3, 0.4) is 0 Å². The maximum Gasteiger partial charge on any atom is 0.126 e. The largest absolute Gasteiger partial charge is 0.373 e. The molecule has 0 aliphatic rings. The molecule has 0 amide bonds. The van der Waals surface area contributed by atoms with Crippen molar-refractivity contribution in [3.63, 3.8) is 0 Å². The Morgan fingerprint density at radius 1 is 1.00 bits per heavy atom. The zero-order chi connectivity index (χ0) is 13.2. The molecule has 0 atom stereocenters. The Bertz CT molecular complexity index is 539. The van der Waals surface area contributed by atoms with E-state index in [1.165, 1.54) is 16.7 Å². The molecule has 0 unspecified atom stereocenters. The van der Waals surface area contributed by atoms with Crippen LogP contribution in [0.2, 0.25) is 0 Å². The molecule has 18 heavy (non-hydrogen) atoms. The molecule has 0 bridgehead atoms. The average Bonchev–Trinajstić information content (AvgIpc) is 2.38. The first-order valence-corrected chi connectivity index (χ1v) is 6.25. The Kier molecular flexibility index (Phi) is 3.37. The van der Waals surface area contributed by atoms with Gasteiger partial charge >= 0.3 is 0 Å². The van der Waals surface area contributed by atoms with Crippen LogP contribution in [0.4, 0.5) is 5.82 Å². The summed E-state index contributed by atoms with van der Waals surface area (Å²) in [5.74, 6) is 0.897. The first-order chi connectivity index (χ1) is 8.50. The molecule has 2 heteroatoms. The summed E-state index contributed by atoms with van der Waals surface area (Å²) < 4.78 is 0. The molecule has 1 aromatic heterocycles. The molecule has 0 fully saturated rings. The van der Waals surface area contributed by atoms with Crippen molar-refractivity contribution < 1.29 is 0 Å². The van der Waals surface area contributed by atoms with Crippen molar-refractivity contribution in [2.75, 3.05) is 12.4 Å². The summed E-state index contributed by atoms with van der Waals surface area (Å²) >= 11 is 0. The van der Waals surface area contributed by atoms with Crippen LogP contribution < -0.4 is 5.32 Å². The predicted molar refractivity (Wildman–Crippen MR) is 77.9 cm³/mol. The van der Waals surface area contributed by atoms with Gasteiger partial charge in [0.2, 0.25) is 0 Å². The van der Waals surface area contributed by atoms with E-state index in [-0.39, 0.29) is 5.41 Å². The number of anilines is 1. The summed E-state index contributed by atoms with van der Waals surface area (Å²) in [6.07, 6.45) is 1.84. The number of pyridine rings is 1. The summed E-state index contributed by atoms with van der Waals surface area (Å²) in [4.78, 5) is 4.24. The quantitative estimate of drug-likeness (QED) is 0.855. The SMILES string of the molecule is CNc1cc(-c2cccc(C(C)(C)C)c2)ccn1. The molecule has 2 rings (SSSR count). The highest BCUT2D eigenvalue weighted by Crippen LogP contribution is 2.28. The summed E-state index contributed by atoms with van der Waals surface area (Å²) in [5.41, 5.74) is 3.96. The lowest BCUT2D eigenvalue weighted by atomic mass is 9.85. The van der Waals surface area contributed by atoms with Crippen molar-refractivity contribution in [3.05, 3.63) is 48.2 Å². The zero-order valence-electron chi connectivity index (χ0n) is 11.5. The topological polar surface area (TPSA) is 24.9 Å². The molecule has 0 aliphatic heterocycles. The van der Waals surface area contributed by atoms with Crippen LogP contribution in [0.25, 0.3) is 11.1 Å². The number of hydrogen-bond acceptors (Lipinski definition) is 2. The van der Waals surface area contributed by atoms with Crippen LogP contribution in [-0.2, 0) is 5.41 Å². The lowest BCUT2D eigenvalue weighted by Crippen LogP contribution is -2.10. The number of hydrogen-bond donors (Lipinski definition) is 1. The van der Waals surface area contributed by atoms with E-state index >= 15 is 0 Å². The Labute approximate surface area is 109 Å². The molecule has 94 valence electrons. The van der Waals surface area contributed by atoms with Crippen LogP contribution >= 0.6 is 0 Å². The second-order valence-corrected chi connectivity index (χ2v) is 5.51. The fraction of sp³-hybridized carbons (Fsp3) is 0.312. The van der Waals surface area contributed by atoms with Crippen LogP contribution in [0.1, 0.15) is 26.3 Å². The van der Waals surface area contributed by atoms with Crippen molar-refractivity contribution in [2.45, 2.75) is 26.2 Å². The molecule has 1 N–H and O–H groups in total. The van der Waals surface area contributed by atoms with Crippen molar-refractivity contribution in [1.29, 1.82) is 0 Å². The Hall–Kier alpha value is -1.83. The minimum atomic E-state index is 0.175. The average molecular weight is 240 g/mol. The van der Waals surface area contributed by atoms with E-state index in [1.54, 1.807) is 0 Å². The van der Waals surface area contributed by atoms with Gasteiger partial charge in [-0.25, -0.2) is 4.98 Å². The van der Waals surface area contributed by atoms with Crippen LogP contribution in [0, 0.1) is 0 Å². The highest BCUT2D eigenvalue weighted by molar-refractivity contribution is 5.67. The maximum atomic E-state index is 4.24. The number of benzene rings is 1. The first-order valence-electron chi connectivity index (χ1n) is 6.25. The molecule has 2 nitrogen and oxygen atoms in total. The number of nitrogens with one attached hydrogen (secondary N) is 1. The van der Waals surface area contributed by atoms with Crippen LogP contribution in [-0.4, -0.2) is 12.0 Å². The van der Waals surface area contributed by atoms with E-state index in [2.05, 4.69) is 61.4 Å². The van der Waals surface area contributed by atoms with E-state index in [0.29, 0.717) is 0 Å². The minimum Gasteiger partial charge on any atom is -0.373 e. The molecule has 0 radical (unpaired) electrons. The standard InChI is InChI=1S/C16H20N2/c1-16(2,3)14-7-5-6-12(10-14)13-8-9-18-15(11-13)17-4/h5-11H,1-4H3,(H,17,18). The zero-order valence-corrected chi connectivity index (χ0v) is 11.5. The van der Waals surface area contributed by atoms with E-state index in [9.17, 15) is 0 Å². The highest BCUT2D eigenvalue weighted by Gasteiger charge is 2.13. The third-order valence-electron chi connectivity index (χ3n) is 3.08. The molecular formula is C16H20N2. The molecule has 0 aliphatic carbocycles. The molecule has 0 saturated carbocycles.